The molecule has 1 aliphatic rings. The molecule has 3 N–H and O–H groups in total. The van der Waals surface area contributed by atoms with Gasteiger partial charge in [-0.2, -0.15) is 11.8 Å². The van der Waals surface area contributed by atoms with E-state index >= 15 is 0 Å². The molecule has 1 aliphatic carbocycles. The zero-order chi connectivity index (χ0) is 24.7. The predicted octanol–water partition coefficient (Wildman–Crippen LogP) is 4.26. The summed E-state index contributed by atoms with van der Waals surface area (Å²) in [5, 5.41) is 14.5. The molecule has 3 rings (SSSR count). The molecule has 0 saturated heterocycles. The number of aliphatic carboxylic acids is 1. The summed E-state index contributed by atoms with van der Waals surface area (Å²) in [6, 6.07) is 15.4. The second-order valence-corrected chi connectivity index (χ2v) is 10.2. The zero-order valence-corrected chi connectivity index (χ0v) is 20.6. The number of alkyl carbamates (subject to hydrolysis) is 1. The first-order valence-electron chi connectivity index (χ1n) is 11.3. The SMILES string of the molecule is CSCC[C@H](NC(=O)OCC1c2ccccc2-c2ccccc21)C(=O)NCC(C)(C)CC(=O)O. The molecule has 2 aromatic carbocycles. The molecule has 34 heavy (non-hydrogen) atoms. The minimum absolute atomic E-state index is 0.0616. The van der Waals surface area contributed by atoms with E-state index < -0.39 is 23.5 Å². The molecule has 0 bridgehead atoms. The largest absolute Gasteiger partial charge is 0.481 e. The minimum Gasteiger partial charge on any atom is -0.481 e. The van der Waals surface area contributed by atoms with E-state index in [1.54, 1.807) is 25.6 Å². The van der Waals surface area contributed by atoms with Crippen molar-refractivity contribution in [2.45, 2.75) is 38.6 Å². The van der Waals surface area contributed by atoms with Crippen LogP contribution < -0.4 is 10.6 Å². The normalized spacial score (nSPS) is 13.5. The number of carboxylic acids is 1. The van der Waals surface area contributed by atoms with Crippen LogP contribution in [0.4, 0.5) is 4.79 Å². The van der Waals surface area contributed by atoms with Crippen molar-refractivity contribution in [1.82, 2.24) is 10.6 Å². The Labute approximate surface area is 204 Å². The molecule has 0 saturated carbocycles. The average molecular weight is 485 g/mol. The van der Waals surface area contributed by atoms with Crippen molar-refractivity contribution in [2.75, 3.05) is 25.2 Å². The van der Waals surface area contributed by atoms with Gasteiger partial charge in [-0.25, -0.2) is 4.79 Å². The molecule has 0 radical (unpaired) electrons. The van der Waals surface area contributed by atoms with Crippen LogP contribution in [0.5, 0.6) is 0 Å². The van der Waals surface area contributed by atoms with Gasteiger partial charge >= 0.3 is 12.1 Å². The number of carbonyl (C=O) groups excluding carboxylic acids is 2. The molecule has 0 fully saturated rings. The first-order valence-corrected chi connectivity index (χ1v) is 12.7. The number of carbonyl (C=O) groups is 3. The van der Waals surface area contributed by atoms with Crippen LogP contribution in [0.15, 0.2) is 48.5 Å². The van der Waals surface area contributed by atoms with E-state index in [0.717, 1.165) is 22.3 Å². The highest BCUT2D eigenvalue weighted by Gasteiger charge is 2.30. The van der Waals surface area contributed by atoms with Crippen molar-refractivity contribution in [3.05, 3.63) is 59.7 Å². The second kappa shape index (κ2) is 11.4. The topological polar surface area (TPSA) is 105 Å². The van der Waals surface area contributed by atoms with Gasteiger partial charge in [0, 0.05) is 12.5 Å². The van der Waals surface area contributed by atoms with Gasteiger partial charge in [-0.3, -0.25) is 9.59 Å². The van der Waals surface area contributed by atoms with Crippen LogP contribution in [0, 0.1) is 5.41 Å². The van der Waals surface area contributed by atoms with Crippen LogP contribution in [-0.2, 0) is 14.3 Å². The van der Waals surface area contributed by atoms with Gasteiger partial charge in [0.15, 0.2) is 0 Å². The number of thioether (sulfide) groups is 1. The molecule has 182 valence electrons. The summed E-state index contributed by atoms with van der Waals surface area (Å²) in [7, 11) is 0. The van der Waals surface area contributed by atoms with Crippen LogP contribution in [0.25, 0.3) is 11.1 Å². The maximum absolute atomic E-state index is 12.8. The van der Waals surface area contributed by atoms with Crippen molar-refractivity contribution < 1.29 is 24.2 Å². The number of rotatable bonds is 11. The average Bonchev–Trinajstić information content (AvgIpc) is 3.12. The van der Waals surface area contributed by atoms with E-state index in [1.807, 2.05) is 30.5 Å². The van der Waals surface area contributed by atoms with E-state index in [2.05, 4.69) is 34.9 Å². The molecular weight excluding hydrogens is 452 g/mol. The van der Waals surface area contributed by atoms with Crippen LogP contribution in [0.2, 0.25) is 0 Å². The Morgan fingerprint density at radius 2 is 1.65 bits per heavy atom. The molecule has 0 heterocycles. The summed E-state index contributed by atoms with van der Waals surface area (Å²) in [5.41, 5.74) is 3.93. The highest BCUT2D eigenvalue weighted by molar-refractivity contribution is 7.98. The fourth-order valence-electron chi connectivity index (χ4n) is 4.21. The molecule has 0 spiro atoms. The summed E-state index contributed by atoms with van der Waals surface area (Å²) in [4.78, 5) is 36.4. The monoisotopic (exact) mass is 484 g/mol. The Bertz CT molecular complexity index is 994. The first kappa shape index (κ1) is 25.6. The van der Waals surface area contributed by atoms with Gasteiger partial charge in [0.2, 0.25) is 5.91 Å². The standard InChI is InChI=1S/C26H32N2O5S/c1-26(2,14-23(29)30)16-27-24(31)22(12-13-34-3)28-25(32)33-15-21-19-10-6-4-8-17(19)18-9-5-7-11-20(18)21/h4-11,21-22H,12-16H2,1-3H3,(H,27,31)(H,28,32)(H,29,30)/t22-/m0/s1. The molecule has 2 aromatic rings. The van der Waals surface area contributed by atoms with E-state index in [1.165, 1.54) is 0 Å². The third kappa shape index (κ3) is 6.53. The van der Waals surface area contributed by atoms with Crippen molar-refractivity contribution in [3.63, 3.8) is 0 Å². The lowest BCUT2D eigenvalue weighted by atomic mass is 9.89. The summed E-state index contributed by atoms with van der Waals surface area (Å²) in [6.45, 7) is 3.91. The Morgan fingerprint density at radius 3 is 2.21 bits per heavy atom. The molecule has 0 aromatic heterocycles. The van der Waals surface area contributed by atoms with E-state index in [4.69, 9.17) is 9.84 Å². The van der Waals surface area contributed by atoms with Crippen LogP contribution in [0.1, 0.15) is 43.7 Å². The zero-order valence-electron chi connectivity index (χ0n) is 19.8. The fourth-order valence-corrected chi connectivity index (χ4v) is 4.68. The molecule has 0 aliphatic heterocycles. The number of ether oxygens (including phenoxy) is 1. The summed E-state index contributed by atoms with van der Waals surface area (Å²) < 4.78 is 5.58. The Kier molecular flexibility index (Phi) is 8.61. The van der Waals surface area contributed by atoms with Crippen LogP contribution >= 0.6 is 11.8 Å². The fraction of sp³-hybridized carbons (Fsp3) is 0.423. The number of benzene rings is 2. The van der Waals surface area contributed by atoms with Crippen LogP contribution in [-0.4, -0.2) is 54.3 Å². The van der Waals surface area contributed by atoms with Gasteiger partial charge in [-0.15, -0.1) is 0 Å². The summed E-state index contributed by atoms with van der Waals surface area (Å²) in [6.07, 6.45) is 1.66. The molecule has 7 nitrogen and oxygen atoms in total. The first-order chi connectivity index (χ1) is 16.2. The lowest BCUT2D eigenvalue weighted by molar-refractivity contribution is -0.139. The lowest BCUT2D eigenvalue weighted by Gasteiger charge is -2.25. The molecular formula is C26H32N2O5S. The van der Waals surface area contributed by atoms with Crippen molar-refractivity contribution in [3.8, 4) is 11.1 Å². The number of fused-ring (bicyclic) bond motifs is 3. The summed E-state index contributed by atoms with van der Waals surface area (Å²) in [5.74, 6) is -0.648. The third-order valence-electron chi connectivity index (χ3n) is 5.93. The number of nitrogens with one attached hydrogen (secondary N) is 2. The lowest BCUT2D eigenvalue weighted by Crippen LogP contribution is -2.49. The summed E-state index contributed by atoms with van der Waals surface area (Å²) >= 11 is 1.57. The van der Waals surface area contributed by atoms with E-state index in [-0.39, 0.29) is 31.4 Å². The molecule has 8 heteroatoms. The van der Waals surface area contributed by atoms with Gasteiger partial charge in [0.1, 0.15) is 12.6 Å². The Morgan fingerprint density at radius 1 is 1.06 bits per heavy atom. The second-order valence-electron chi connectivity index (χ2n) is 9.26. The van der Waals surface area contributed by atoms with Crippen molar-refractivity contribution in [1.29, 1.82) is 0 Å². The van der Waals surface area contributed by atoms with Gasteiger partial charge in [0.25, 0.3) is 0 Å². The molecule has 0 unspecified atom stereocenters. The number of hydrogen-bond acceptors (Lipinski definition) is 5. The van der Waals surface area contributed by atoms with Gasteiger partial charge < -0.3 is 20.5 Å². The van der Waals surface area contributed by atoms with E-state index in [0.29, 0.717) is 12.2 Å². The van der Waals surface area contributed by atoms with Gasteiger partial charge in [-0.1, -0.05) is 62.4 Å². The smallest absolute Gasteiger partial charge is 0.407 e. The third-order valence-corrected chi connectivity index (χ3v) is 6.58. The number of hydrogen-bond donors (Lipinski definition) is 3. The van der Waals surface area contributed by atoms with E-state index in [9.17, 15) is 14.4 Å². The van der Waals surface area contributed by atoms with Gasteiger partial charge in [-0.05, 0) is 46.1 Å². The quantitative estimate of drug-likeness (QED) is 0.440. The minimum atomic E-state index is -0.921. The molecule has 1 atom stereocenters. The molecule has 2 amide bonds. The maximum Gasteiger partial charge on any atom is 0.407 e. The maximum atomic E-state index is 12.8. The predicted molar refractivity (Wildman–Crippen MR) is 134 cm³/mol. The number of carboxylic acid groups (broad SMARTS) is 1. The van der Waals surface area contributed by atoms with Crippen molar-refractivity contribution >= 4 is 29.7 Å². The number of amides is 2. The van der Waals surface area contributed by atoms with Crippen LogP contribution in [0.3, 0.4) is 0 Å². The van der Waals surface area contributed by atoms with Gasteiger partial charge in [0.05, 0.1) is 6.42 Å². The Balaban J connectivity index is 1.61. The highest BCUT2D eigenvalue weighted by Crippen LogP contribution is 2.44. The Hall–Kier alpha value is -3.00. The van der Waals surface area contributed by atoms with Crippen molar-refractivity contribution in [2.24, 2.45) is 5.41 Å². The highest BCUT2D eigenvalue weighted by atomic mass is 32.2.